The minimum absolute atomic E-state index is 0.00142. The van der Waals surface area contributed by atoms with Crippen molar-refractivity contribution in [3.63, 3.8) is 0 Å². The van der Waals surface area contributed by atoms with Gasteiger partial charge in [-0.3, -0.25) is 9.59 Å². The summed E-state index contributed by atoms with van der Waals surface area (Å²) in [5, 5.41) is 0.00142. The Kier molecular flexibility index (Phi) is 4.61. The molecule has 0 saturated heterocycles. The first-order valence-corrected chi connectivity index (χ1v) is 8.94. The molecular formula is C22H15ClFNO3. The Morgan fingerprint density at radius 3 is 2.32 bits per heavy atom. The number of hydrogen-bond donors (Lipinski definition) is 0. The van der Waals surface area contributed by atoms with Crippen molar-refractivity contribution in [2.75, 3.05) is 12.0 Å². The van der Waals surface area contributed by atoms with E-state index >= 15 is 0 Å². The number of nitrogens with zero attached hydrogens (tertiary/aromatic N) is 1. The van der Waals surface area contributed by atoms with Gasteiger partial charge in [-0.25, -0.2) is 4.39 Å². The largest absolute Gasteiger partial charge is 0.497 e. The number of halogens is 2. The molecule has 6 heteroatoms. The predicted octanol–water partition coefficient (Wildman–Crippen LogP) is 4.88. The van der Waals surface area contributed by atoms with Gasteiger partial charge in [0.2, 0.25) is 0 Å². The van der Waals surface area contributed by atoms with Crippen LogP contribution in [0.5, 0.6) is 5.75 Å². The van der Waals surface area contributed by atoms with E-state index in [0.717, 1.165) is 11.3 Å². The van der Waals surface area contributed by atoms with E-state index in [4.69, 9.17) is 16.3 Å². The van der Waals surface area contributed by atoms with Gasteiger partial charge in [-0.1, -0.05) is 35.9 Å². The summed E-state index contributed by atoms with van der Waals surface area (Å²) in [5.41, 5.74) is 3.12. The molecule has 140 valence electrons. The Morgan fingerprint density at radius 1 is 0.964 bits per heavy atom. The standard InChI is InChI=1S/C22H15ClFNO3/c1-28-16-6-2-13(3-7-16)12-25-20-9-5-14(10-17(20)21(26)22(25)27)15-4-8-19(24)18(23)11-15/h2-11H,12H2,1H3. The van der Waals surface area contributed by atoms with Crippen LogP contribution in [0.4, 0.5) is 10.1 Å². The van der Waals surface area contributed by atoms with Gasteiger partial charge in [-0.15, -0.1) is 0 Å². The Balaban J connectivity index is 1.67. The van der Waals surface area contributed by atoms with E-state index in [-0.39, 0.29) is 11.6 Å². The number of benzene rings is 3. The summed E-state index contributed by atoms with van der Waals surface area (Å²) in [6.07, 6.45) is 0. The molecule has 0 bridgehead atoms. The summed E-state index contributed by atoms with van der Waals surface area (Å²) in [6.45, 7) is 0.281. The SMILES string of the molecule is COc1ccc(CN2C(=O)C(=O)c3cc(-c4ccc(F)c(Cl)c4)ccc32)cc1. The fourth-order valence-corrected chi connectivity index (χ4v) is 3.41. The third-order valence-corrected chi connectivity index (χ3v) is 5.01. The molecule has 1 aliphatic heterocycles. The minimum atomic E-state index is -0.569. The van der Waals surface area contributed by atoms with Gasteiger partial charge in [0.1, 0.15) is 11.6 Å². The normalized spacial score (nSPS) is 13.0. The molecular weight excluding hydrogens is 381 g/mol. The lowest BCUT2D eigenvalue weighted by Gasteiger charge is -2.17. The number of methoxy groups -OCH3 is 1. The van der Waals surface area contributed by atoms with Gasteiger partial charge in [0.25, 0.3) is 11.7 Å². The summed E-state index contributed by atoms with van der Waals surface area (Å²) < 4.78 is 18.5. The zero-order valence-electron chi connectivity index (χ0n) is 14.9. The van der Waals surface area contributed by atoms with Crippen molar-refractivity contribution < 1.29 is 18.7 Å². The van der Waals surface area contributed by atoms with E-state index < -0.39 is 17.5 Å². The molecule has 0 unspecified atom stereocenters. The maximum Gasteiger partial charge on any atom is 0.299 e. The van der Waals surface area contributed by atoms with Crippen molar-refractivity contribution in [3.8, 4) is 16.9 Å². The summed E-state index contributed by atoms with van der Waals surface area (Å²) >= 11 is 5.85. The average Bonchev–Trinajstić information content (AvgIpc) is 2.95. The molecule has 0 atom stereocenters. The second-order valence-corrected chi connectivity index (χ2v) is 6.84. The van der Waals surface area contributed by atoms with Crippen LogP contribution >= 0.6 is 11.6 Å². The molecule has 1 amide bonds. The third-order valence-electron chi connectivity index (χ3n) is 4.72. The lowest BCUT2D eigenvalue weighted by Crippen LogP contribution is -2.29. The Hall–Kier alpha value is -3.18. The van der Waals surface area contributed by atoms with E-state index in [1.807, 2.05) is 12.1 Å². The molecule has 4 nitrogen and oxygen atoms in total. The number of fused-ring (bicyclic) bond motifs is 1. The lowest BCUT2D eigenvalue weighted by molar-refractivity contribution is -0.114. The number of ketones is 1. The zero-order chi connectivity index (χ0) is 19.8. The summed E-state index contributed by atoms with van der Waals surface area (Å²) in [7, 11) is 1.58. The van der Waals surface area contributed by atoms with E-state index in [2.05, 4.69) is 0 Å². The van der Waals surface area contributed by atoms with Gasteiger partial charge in [0.15, 0.2) is 0 Å². The van der Waals surface area contributed by atoms with E-state index in [0.29, 0.717) is 22.4 Å². The Morgan fingerprint density at radius 2 is 1.64 bits per heavy atom. The number of carbonyl (C=O) groups excluding carboxylic acids is 2. The van der Waals surface area contributed by atoms with Gasteiger partial charge in [-0.2, -0.15) is 0 Å². The molecule has 3 aromatic rings. The first-order chi connectivity index (χ1) is 13.5. The average molecular weight is 396 g/mol. The van der Waals surface area contributed by atoms with Crippen molar-refractivity contribution in [1.82, 2.24) is 0 Å². The summed E-state index contributed by atoms with van der Waals surface area (Å²) in [4.78, 5) is 26.5. The van der Waals surface area contributed by atoms with E-state index in [9.17, 15) is 14.0 Å². The van der Waals surface area contributed by atoms with Gasteiger partial charge >= 0.3 is 0 Å². The second-order valence-electron chi connectivity index (χ2n) is 6.43. The number of rotatable bonds is 4. The van der Waals surface area contributed by atoms with Crippen LogP contribution in [-0.4, -0.2) is 18.8 Å². The van der Waals surface area contributed by atoms with Crippen LogP contribution < -0.4 is 9.64 Å². The first-order valence-electron chi connectivity index (χ1n) is 8.56. The number of hydrogen-bond acceptors (Lipinski definition) is 3. The number of Topliss-reactive ketones (excluding diaryl/α,β-unsaturated/α-hetero) is 1. The molecule has 0 N–H and O–H groups in total. The fraction of sp³-hybridized carbons (Fsp3) is 0.0909. The van der Waals surface area contributed by atoms with Crippen LogP contribution in [0.15, 0.2) is 60.7 Å². The van der Waals surface area contributed by atoms with Crippen LogP contribution in [0.2, 0.25) is 5.02 Å². The molecule has 0 aromatic heterocycles. The molecule has 0 saturated carbocycles. The van der Waals surface area contributed by atoms with E-state index in [1.54, 1.807) is 43.5 Å². The molecule has 0 fully saturated rings. The van der Waals surface area contributed by atoms with Gasteiger partial charge in [0, 0.05) is 0 Å². The van der Waals surface area contributed by atoms with Crippen molar-refractivity contribution in [3.05, 3.63) is 82.6 Å². The second kappa shape index (κ2) is 7.09. The highest BCUT2D eigenvalue weighted by Crippen LogP contribution is 2.35. The van der Waals surface area contributed by atoms with Crippen molar-refractivity contribution in [2.24, 2.45) is 0 Å². The highest BCUT2D eigenvalue weighted by Gasteiger charge is 2.36. The lowest BCUT2D eigenvalue weighted by atomic mass is 10.0. The maximum atomic E-state index is 13.4. The van der Waals surface area contributed by atoms with Crippen molar-refractivity contribution >= 4 is 29.0 Å². The number of amides is 1. The van der Waals surface area contributed by atoms with Gasteiger partial charge in [-0.05, 0) is 53.1 Å². The first kappa shape index (κ1) is 18.2. The van der Waals surface area contributed by atoms with Crippen molar-refractivity contribution in [2.45, 2.75) is 6.54 Å². The molecule has 1 heterocycles. The Labute approximate surface area is 166 Å². The summed E-state index contributed by atoms with van der Waals surface area (Å²) in [6, 6.07) is 16.8. The molecule has 28 heavy (non-hydrogen) atoms. The minimum Gasteiger partial charge on any atom is -0.497 e. The van der Waals surface area contributed by atoms with E-state index in [1.165, 1.54) is 17.0 Å². The molecule has 4 rings (SSSR count). The summed E-state index contributed by atoms with van der Waals surface area (Å²) in [5.74, 6) is -0.919. The number of ether oxygens (including phenoxy) is 1. The fourth-order valence-electron chi connectivity index (χ4n) is 3.23. The van der Waals surface area contributed by atoms with Crippen LogP contribution in [0.3, 0.4) is 0 Å². The maximum absolute atomic E-state index is 13.4. The van der Waals surface area contributed by atoms with Gasteiger partial charge < -0.3 is 9.64 Å². The highest BCUT2D eigenvalue weighted by molar-refractivity contribution is 6.52. The topological polar surface area (TPSA) is 46.6 Å². The molecule has 0 spiro atoms. The van der Waals surface area contributed by atoms with Crippen molar-refractivity contribution in [1.29, 1.82) is 0 Å². The van der Waals surface area contributed by atoms with Crippen LogP contribution in [0.1, 0.15) is 15.9 Å². The predicted molar refractivity (Wildman–Crippen MR) is 105 cm³/mol. The monoisotopic (exact) mass is 395 g/mol. The molecule has 3 aromatic carbocycles. The van der Waals surface area contributed by atoms with Crippen LogP contribution in [0, 0.1) is 5.82 Å². The van der Waals surface area contributed by atoms with Crippen LogP contribution in [-0.2, 0) is 11.3 Å². The third kappa shape index (κ3) is 3.14. The molecule has 0 aliphatic carbocycles. The smallest absolute Gasteiger partial charge is 0.299 e. The zero-order valence-corrected chi connectivity index (χ0v) is 15.7. The quantitative estimate of drug-likeness (QED) is 0.591. The van der Waals surface area contributed by atoms with Crippen LogP contribution in [0.25, 0.3) is 11.1 Å². The number of anilines is 1. The highest BCUT2D eigenvalue weighted by atomic mass is 35.5. The number of carbonyl (C=O) groups is 2. The molecule has 1 aliphatic rings. The van der Waals surface area contributed by atoms with Gasteiger partial charge in [0.05, 0.1) is 29.9 Å². The Bertz CT molecular complexity index is 1100. The molecule has 0 radical (unpaired) electrons.